The monoisotopic (exact) mass is 221 g/mol. The van der Waals surface area contributed by atoms with Crippen molar-refractivity contribution in [1.82, 2.24) is 5.32 Å². The second-order valence-electron chi connectivity index (χ2n) is 4.40. The Kier molecular flexibility index (Phi) is 5.94. The molecule has 0 spiro atoms. The molecule has 0 amide bonds. The zero-order valence-electron chi connectivity index (χ0n) is 10.6. The summed E-state index contributed by atoms with van der Waals surface area (Å²) in [6, 6.07) is 8.38. The van der Waals surface area contributed by atoms with Crippen molar-refractivity contribution in [3.63, 3.8) is 0 Å². The van der Waals surface area contributed by atoms with E-state index in [2.05, 4.69) is 24.4 Å². The Hall–Kier alpha value is -1.02. The van der Waals surface area contributed by atoms with Gasteiger partial charge in [-0.3, -0.25) is 0 Å². The topological polar surface area (TPSA) is 21.3 Å². The summed E-state index contributed by atoms with van der Waals surface area (Å²) < 4.78 is 5.14. The van der Waals surface area contributed by atoms with Crippen molar-refractivity contribution >= 4 is 0 Å². The Balaban J connectivity index is 2.26. The zero-order chi connectivity index (χ0) is 11.8. The van der Waals surface area contributed by atoms with Gasteiger partial charge in [0.1, 0.15) is 5.75 Å². The first-order valence-corrected chi connectivity index (χ1v) is 6.03. The Morgan fingerprint density at radius 1 is 1.25 bits per heavy atom. The molecule has 1 aromatic carbocycles. The number of hydrogen-bond donors (Lipinski definition) is 1. The van der Waals surface area contributed by atoms with E-state index >= 15 is 0 Å². The minimum atomic E-state index is 0.767. The van der Waals surface area contributed by atoms with Gasteiger partial charge in [-0.15, -0.1) is 0 Å². The second kappa shape index (κ2) is 7.29. The Labute approximate surface area is 99.0 Å². The molecule has 1 atom stereocenters. The van der Waals surface area contributed by atoms with Gasteiger partial charge in [-0.05, 0) is 56.5 Å². The molecule has 0 saturated heterocycles. The van der Waals surface area contributed by atoms with Crippen molar-refractivity contribution in [3.05, 3.63) is 29.8 Å². The molecule has 0 saturated carbocycles. The minimum absolute atomic E-state index is 0.767. The molecule has 0 aliphatic rings. The maximum Gasteiger partial charge on any atom is 0.118 e. The summed E-state index contributed by atoms with van der Waals surface area (Å²) in [4.78, 5) is 0. The van der Waals surface area contributed by atoms with Gasteiger partial charge in [0.05, 0.1) is 7.11 Å². The van der Waals surface area contributed by atoms with E-state index in [1.165, 1.54) is 18.4 Å². The highest BCUT2D eigenvalue weighted by molar-refractivity contribution is 5.27. The van der Waals surface area contributed by atoms with Crippen LogP contribution < -0.4 is 10.1 Å². The minimum Gasteiger partial charge on any atom is -0.497 e. The number of ether oxygens (including phenoxy) is 1. The van der Waals surface area contributed by atoms with Crippen molar-refractivity contribution in [3.8, 4) is 5.75 Å². The molecule has 90 valence electrons. The molecule has 0 heterocycles. The van der Waals surface area contributed by atoms with Crippen LogP contribution in [0.1, 0.15) is 25.3 Å². The maximum absolute atomic E-state index is 5.14. The van der Waals surface area contributed by atoms with Crippen LogP contribution in [0.25, 0.3) is 0 Å². The summed E-state index contributed by atoms with van der Waals surface area (Å²) in [6.07, 6.45) is 3.71. The average Bonchev–Trinajstić information content (AvgIpc) is 2.30. The van der Waals surface area contributed by atoms with Gasteiger partial charge in [-0.2, -0.15) is 0 Å². The van der Waals surface area contributed by atoms with Crippen molar-refractivity contribution < 1.29 is 4.74 Å². The molecule has 0 aliphatic heterocycles. The van der Waals surface area contributed by atoms with Gasteiger partial charge < -0.3 is 10.1 Å². The molecule has 1 rings (SSSR count). The van der Waals surface area contributed by atoms with Crippen LogP contribution in [0, 0.1) is 5.92 Å². The van der Waals surface area contributed by atoms with Crippen LogP contribution >= 0.6 is 0 Å². The average molecular weight is 221 g/mol. The largest absolute Gasteiger partial charge is 0.497 e. The van der Waals surface area contributed by atoms with Crippen molar-refractivity contribution in [2.24, 2.45) is 5.92 Å². The van der Waals surface area contributed by atoms with Crippen LogP contribution in [0.2, 0.25) is 0 Å². The SMILES string of the molecule is CNCC(C)CCCc1ccc(OC)cc1. The lowest BCUT2D eigenvalue weighted by molar-refractivity contribution is 0.414. The molecular formula is C14H23NO. The highest BCUT2D eigenvalue weighted by atomic mass is 16.5. The number of rotatable bonds is 7. The van der Waals surface area contributed by atoms with Crippen molar-refractivity contribution in [1.29, 1.82) is 0 Å². The first-order valence-electron chi connectivity index (χ1n) is 6.03. The van der Waals surface area contributed by atoms with E-state index in [1.807, 2.05) is 19.2 Å². The molecule has 0 bridgehead atoms. The maximum atomic E-state index is 5.14. The van der Waals surface area contributed by atoms with Gasteiger partial charge in [0.2, 0.25) is 0 Å². The second-order valence-corrected chi connectivity index (χ2v) is 4.40. The smallest absolute Gasteiger partial charge is 0.118 e. The standard InChI is InChI=1S/C14H23NO/c1-12(11-15-2)5-4-6-13-7-9-14(16-3)10-8-13/h7-10,12,15H,4-6,11H2,1-3H3. The van der Waals surface area contributed by atoms with E-state index in [0.29, 0.717) is 0 Å². The Morgan fingerprint density at radius 3 is 2.50 bits per heavy atom. The van der Waals surface area contributed by atoms with E-state index < -0.39 is 0 Å². The number of nitrogens with one attached hydrogen (secondary N) is 1. The number of aryl methyl sites for hydroxylation is 1. The zero-order valence-corrected chi connectivity index (χ0v) is 10.6. The number of methoxy groups -OCH3 is 1. The third-order valence-electron chi connectivity index (χ3n) is 2.87. The highest BCUT2D eigenvalue weighted by Gasteiger charge is 2.01. The quantitative estimate of drug-likeness (QED) is 0.764. The van der Waals surface area contributed by atoms with E-state index in [-0.39, 0.29) is 0 Å². The first kappa shape index (κ1) is 13.0. The lowest BCUT2D eigenvalue weighted by Crippen LogP contribution is -2.16. The summed E-state index contributed by atoms with van der Waals surface area (Å²) in [5, 5.41) is 3.21. The van der Waals surface area contributed by atoms with E-state index in [0.717, 1.165) is 24.6 Å². The lowest BCUT2D eigenvalue weighted by atomic mass is 10.0. The molecule has 0 radical (unpaired) electrons. The fourth-order valence-corrected chi connectivity index (χ4v) is 1.90. The third-order valence-corrected chi connectivity index (χ3v) is 2.87. The van der Waals surface area contributed by atoms with Crippen LogP contribution in [0.3, 0.4) is 0 Å². The summed E-state index contributed by atoms with van der Waals surface area (Å²) in [7, 11) is 3.72. The molecule has 1 aromatic rings. The fourth-order valence-electron chi connectivity index (χ4n) is 1.90. The van der Waals surface area contributed by atoms with Crippen molar-refractivity contribution in [2.45, 2.75) is 26.2 Å². The molecule has 0 aliphatic carbocycles. The van der Waals surface area contributed by atoms with Gasteiger partial charge in [0.25, 0.3) is 0 Å². The molecule has 2 heteroatoms. The normalized spacial score (nSPS) is 12.4. The number of benzene rings is 1. The van der Waals surface area contributed by atoms with Gasteiger partial charge in [0.15, 0.2) is 0 Å². The summed E-state index contributed by atoms with van der Waals surface area (Å²) in [5.41, 5.74) is 1.40. The van der Waals surface area contributed by atoms with E-state index in [4.69, 9.17) is 4.74 Å². The van der Waals surface area contributed by atoms with Gasteiger partial charge in [0, 0.05) is 0 Å². The third kappa shape index (κ3) is 4.67. The molecule has 1 N–H and O–H groups in total. The van der Waals surface area contributed by atoms with Gasteiger partial charge in [-0.25, -0.2) is 0 Å². The molecule has 2 nitrogen and oxygen atoms in total. The molecule has 0 fully saturated rings. The highest BCUT2D eigenvalue weighted by Crippen LogP contribution is 2.14. The van der Waals surface area contributed by atoms with Crippen LogP contribution in [-0.2, 0) is 6.42 Å². The summed E-state index contributed by atoms with van der Waals surface area (Å²) in [5.74, 6) is 1.70. The number of hydrogen-bond acceptors (Lipinski definition) is 2. The molecule has 1 unspecified atom stereocenters. The molecular weight excluding hydrogens is 198 g/mol. The first-order chi connectivity index (χ1) is 7.76. The fraction of sp³-hybridized carbons (Fsp3) is 0.571. The van der Waals surface area contributed by atoms with Gasteiger partial charge >= 0.3 is 0 Å². The predicted molar refractivity (Wildman–Crippen MR) is 69.0 cm³/mol. The predicted octanol–water partition coefficient (Wildman–Crippen LogP) is 2.87. The summed E-state index contributed by atoms with van der Waals surface area (Å²) >= 11 is 0. The summed E-state index contributed by atoms with van der Waals surface area (Å²) in [6.45, 7) is 3.41. The molecule has 0 aromatic heterocycles. The Morgan fingerprint density at radius 2 is 1.94 bits per heavy atom. The van der Waals surface area contributed by atoms with Crippen molar-refractivity contribution in [2.75, 3.05) is 20.7 Å². The van der Waals surface area contributed by atoms with Crippen LogP contribution in [-0.4, -0.2) is 20.7 Å². The van der Waals surface area contributed by atoms with Crippen LogP contribution in [0.5, 0.6) is 5.75 Å². The molecule has 16 heavy (non-hydrogen) atoms. The lowest BCUT2D eigenvalue weighted by Gasteiger charge is -2.10. The Bertz CT molecular complexity index is 281. The van der Waals surface area contributed by atoms with Crippen LogP contribution in [0.4, 0.5) is 0 Å². The van der Waals surface area contributed by atoms with Gasteiger partial charge in [-0.1, -0.05) is 19.1 Å². The van der Waals surface area contributed by atoms with E-state index in [1.54, 1.807) is 7.11 Å². The van der Waals surface area contributed by atoms with Crippen LogP contribution in [0.15, 0.2) is 24.3 Å². The van der Waals surface area contributed by atoms with E-state index in [9.17, 15) is 0 Å².